The van der Waals surface area contributed by atoms with Crippen molar-refractivity contribution in [3.63, 3.8) is 0 Å². The van der Waals surface area contributed by atoms with Gasteiger partial charge in [-0.05, 0) is 23.7 Å². The Morgan fingerprint density at radius 3 is 2.48 bits per heavy atom. The third kappa shape index (κ3) is 6.94. The van der Waals surface area contributed by atoms with Crippen LogP contribution in [0, 0.1) is 15.9 Å². The average molecular weight is 402 g/mol. The number of methoxy groups -OCH3 is 1. The minimum atomic E-state index is -1.70. The van der Waals surface area contributed by atoms with Gasteiger partial charge in [0.15, 0.2) is 6.04 Å². The second-order valence-corrected chi connectivity index (χ2v) is 12.6. The molecule has 11 heteroatoms. The van der Waals surface area contributed by atoms with E-state index in [1.807, 2.05) is 0 Å². The van der Waals surface area contributed by atoms with E-state index < -0.39 is 48.7 Å². The molecule has 150 valence electrons. The van der Waals surface area contributed by atoms with Gasteiger partial charge in [0.25, 0.3) is 0 Å². The number of hydrogen-bond acceptors (Lipinski definition) is 7. The first-order valence-corrected chi connectivity index (χ1v) is 11.8. The molecule has 0 saturated heterocycles. The number of carbonyl (C=O) groups excluding carboxylic acids is 2. The van der Waals surface area contributed by atoms with Gasteiger partial charge in [-0.15, -0.1) is 0 Å². The second-order valence-electron chi connectivity index (χ2n) is 7.00. The molecule has 0 aliphatic heterocycles. The molecule has 1 amide bonds. The standard InChI is InChI=1S/C16H23FN2O7Si/c1-25-15(21)13(18-16(22)26-7-8-27(2,3)4)14(20)10-5-6-12(19(23)24)11(17)9-10/h5-6,9,13-14,20H,7-8H2,1-4H3,(H,18,22)/t13-,14+/m1/s1. The van der Waals surface area contributed by atoms with Gasteiger partial charge in [0, 0.05) is 14.1 Å². The first kappa shape index (κ1) is 22.5. The van der Waals surface area contributed by atoms with Gasteiger partial charge >= 0.3 is 17.7 Å². The number of carbonyl (C=O) groups is 2. The maximum atomic E-state index is 13.8. The lowest BCUT2D eigenvalue weighted by molar-refractivity contribution is -0.387. The molecule has 0 heterocycles. The van der Waals surface area contributed by atoms with Gasteiger partial charge in [0.2, 0.25) is 5.82 Å². The van der Waals surface area contributed by atoms with Crippen molar-refractivity contribution in [2.45, 2.75) is 37.8 Å². The highest BCUT2D eigenvalue weighted by Crippen LogP contribution is 2.24. The van der Waals surface area contributed by atoms with Crippen molar-refractivity contribution in [2.75, 3.05) is 13.7 Å². The Kier molecular flexibility index (Phi) is 7.85. The van der Waals surface area contributed by atoms with Crippen molar-refractivity contribution in [2.24, 2.45) is 0 Å². The fourth-order valence-corrected chi connectivity index (χ4v) is 2.77. The van der Waals surface area contributed by atoms with Gasteiger partial charge < -0.3 is 19.9 Å². The molecule has 0 aliphatic rings. The summed E-state index contributed by atoms with van der Waals surface area (Å²) < 4.78 is 23.3. The smallest absolute Gasteiger partial charge is 0.407 e. The van der Waals surface area contributed by atoms with Crippen molar-refractivity contribution in [1.29, 1.82) is 0 Å². The van der Waals surface area contributed by atoms with Crippen LogP contribution in [0.25, 0.3) is 0 Å². The number of benzene rings is 1. The number of halogens is 1. The van der Waals surface area contributed by atoms with Crippen molar-refractivity contribution >= 4 is 25.8 Å². The first-order chi connectivity index (χ1) is 12.5. The van der Waals surface area contributed by atoms with Crippen LogP contribution in [0.4, 0.5) is 14.9 Å². The van der Waals surface area contributed by atoms with E-state index in [0.29, 0.717) is 6.04 Å². The number of aliphatic hydroxyl groups excluding tert-OH is 1. The Balaban J connectivity index is 2.90. The molecule has 0 unspecified atom stereocenters. The van der Waals surface area contributed by atoms with Crippen LogP contribution in [0.3, 0.4) is 0 Å². The highest BCUT2D eigenvalue weighted by molar-refractivity contribution is 6.76. The highest BCUT2D eigenvalue weighted by Gasteiger charge is 2.32. The number of hydrogen-bond donors (Lipinski definition) is 2. The van der Waals surface area contributed by atoms with E-state index in [4.69, 9.17) is 4.74 Å². The number of nitro benzene ring substituents is 1. The molecule has 27 heavy (non-hydrogen) atoms. The number of nitrogens with zero attached hydrogens (tertiary/aromatic N) is 1. The topological polar surface area (TPSA) is 128 Å². The van der Waals surface area contributed by atoms with Crippen LogP contribution in [0.5, 0.6) is 0 Å². The van der Waals surface area contributed by atoms with Gasteiger partial charge in [0.1, 0.15) is 6.10 Å². The van der Waals surface area contributed by atoms with Crippen molar-refractivity contribution in [1.82, 2.24) is 5.32 Å². The Hall–Kier alpha value is -2.53. The Labute approximate surface area is 156 Å². The van der Waals surface area contributed by atoms with E-state index in [1.54, 1.807) is 0 Å². The van der Waals surface area contributed by atoms with Crippen LogP contribution in [-0.4, -0.2) is 49.9 Å². The van der Waals surface area contributed by atoms with Gasteiger partial charge in [-0.2, -0.15) is 4.39 Å². The summed E-state index contributed by atoms with van der Waals surface area (Å²) in [5.41, 5.74) is -0.921. The molecule has 1 rings (SSSR count). The number of nitrogens with one attached hydrogen (secondary N) is 1. The number of nitro groups is 1. The normalized spacial score (nSPS) is 13.4. The maximum Gasteiger partial charge on any atom is 0.407 e. The third-order valence-electron chi connectivity index (χ3n) is 3.64. The number of amides is 1. The molecule has 9 nitrogen and oxygen atoms in total. The van der Waals surface area contributed by atoms with Crippen LogP contribution < -0.4 is 5.32 Å². The van der Waals surface area contributed by atoms with Crippen LogP contribution in [0.1, 0.15) is 11.7 Å². The van der Waals surface area contributed by atoms with Crippen LogP contribution in [0.15, 0.2) is 18.2 Å². The highest BCUT2D eigenvalue weighted by atomic mass is 28.3. The van der Waals surface area contributed by atoms with E-state index in [0.717, 1.165) is 25.3 Å². The largest absolute Gasteiger partial charge is 0.467 e. The fraction of sp³-hybridized carbons (Fsp3) is 0.500. The van der Waals surface area contributed by atoms with Gasteiger partial charge in [-0.3, -0.25) is 10.1 Å². The zero-order chi connectivity index (χ0) is 20.8. The van der Waals surface area contributed by atoms with E-state index >= 15 is 0 Å². The molecule has 0 aliphatic carbocycles. The molecule has 2 N–H and O–H groups in total. The molecular weight excluding hydrogens is 379 g/mol. The molecular formula is C16H23FN2O7Si. The first-order valence-electron chi connectivity index (χ1n) is 8.09. The lowest BCUT2D eigenvalue weighted by Crippen LogP contribution is -2.46. The summed E-state index contributed by atoms with van der Waals surface area (Å²) in [6.45, 7) is 6.44. The summed E-state index contributed by atoms with van der Waals surface area (Å²) >= 11 is 0. The number of rotatable bonds is 8. The van der Waals surface area contributed by atoms with E-state index in [-0.39, 0.29) is 12.2 Å². The number of aliphatic hydroxyl groups is 1. The SMILES string of the molecule is COC(=O)[C@H](NC(=O)OCC[Si](C)(C)C)[C@@H](O)c1ccc([N+](=O)[O-])c(F)c1. The van der Waals surface area contributed by atoms with Gasteiger partial charge in [0.05, 0.1) is 18.6 Å². The number of ether oxygens (including phenoxy) is 2. The minimum Gasteiger partial charge on any atom is -0.467 e. The van der Waals surface area contributed by atoms with Crippen molar-refractivity contribution in [3.8, 4) is 0 Å². The monoisotopic (exact) mass is 402 g/mol. The average Bonchev–Trinajstić information content (AvgIpc) is 2.56. The molecule has 0 aromatic heterocycles. The van der Waals surface area contributed by atoms with Crippen molar-refractivity contribution in [3.05, 3.63) is 39.7 Å². The second kappa shape index (κ2) is 9.42. The third-order valence-corrected chi connectivity index (χ3v) is 5.34. The van der Waals surface area contributed by atoms with Crippen molar-refractivity contribution < 1.29 is 33.5 Å². The van der Waals surface area contributed by atoms with Gasteiger partial charge in [-0.25, -0.2) is 9.59 Å². The van der Waals surface area contributed by atoms with Gasteiger partial charge in [-0.1, -0.05) is 19.6 Å². The lowest BCUT2D eigenvalue weighted by Gasteiger charge is -2.22. The van der Waals surface area contributed by atoms with Crippen LogP contribution in [-0.2, 0) is 14.3 Å². The predicted octanol–water partition coefficient (Wildman–Crippen LogP) is 2.37. The minimum absolute atomic E-state index is 0.143. The van der Waals surface area contributed by atoms with E-state index in [1.165, 1.54) is 0 Å². The molecule has 1 aromatic carbocycles. The van der Waals surface area contributed by atoms with Crippen LogP contribution >= 0.6 is 0 Å². The Bertz CT molecular complexity index is 708. The van der Waals surface area contributed by atoms with E-state index in [2.05, 4.69) is 29.7 Å². The summed E-state index contributed by atoms with van der Waals surface area (Å²) in [5, 5.41) is 23.2. The Morgan fingerprint density at radius 2 is 2.00 bits per heavy atom. The summed E-state index contributed by atoms with van der Waals surface area (Å²) in [4.78, 5) is 33.6. The molecule has 1 aromatic rings. The molecule has 0 spiro atoms. The number of alkyl carbamates (subject to hydrolysis) is 1. The summed E-state index contributed by atoms with van der Waals surface area (Å²) in [5.74, 6) is -2.17. The summed E-state index contributed by atoms with van der Waals surface area (Å²) in [6, 6.07) is 1.79. The lowest BCUT2D eigenvalue weighted by atomic mass is 10.0. The zero-order valence-electron chi connectivity index (χ0n) is 15.5. The molecule has 0 saturated carbocycles. The molecule has 0 fully saturated rings. The summed E-state index contributed by atoms with van der Waals surface area (Å²) in [7, 11) is -0.379. The maximum absolute atomic E-state index is 13.8. The Morgan fingerprint density at radius 1 is 1.37 bits per heavy atom. The quantitative estimate of drug-likeness (QED) is 0.296. The molecule has 0 bridgehead atoms. The van der Waals surface area contributed by atoms with E-state index in [9.17, 15) is 29.2 Å². The fourth-order valence-electron chi connectivity index (χ4n) is 2.06. The molecule has 2 atom stereocenters. The molecule has 0 radical (unpaired) electrons. The zero-order valence-corrected chi connectivity index (χ0v) is 16.5. The van der Waals surface area contributed by atoms with Crippen LogP contribution in [0.2, 0.25) is 25.7 Å². The number of esters is 1. The summed E-state index contributed by atoms with van der Waals surface area (Å²) in [6.07, 6.45) is -2.64. The predicted molar refractivity (Wildman–Crippen MR) is 96.5 cm³/mol.